The zero-order chi connectivity index (χ0) is 52.9. The highest BCUT2D eigenvalue weighted by atomic mass is 16.5. The molecule has 0 unspecified atom stereocenters. The Hall–Kier alpha value is -9.66. The molecule has 0 saturated heterocycles. The molecule has 2 amide bonds. The average Bonchev–Trinajstić information content (AvgIpc) is 3.53. The van der Waals surface area contributed by atoms with Crippen LogP contribution in [-0.2, 0) is 52.1 Å². The molecule has 0 fully saturated rings. The molecular formula is C70H58N2O6. The zero-order valence-corrected chi connectivity index (χ0v) is 43.2. The molecule has 8 heteroatoms. The Morgan fingerprint density at radius 1 is 0.282 bits per heavy atom. The molecule has 10 aromatic rings. The Morgan fingerprint density at radius 3 is 0.769 bits per heavy atom. The van der Waals surface area contributed by atoms with Crippen molar-refractivity contribution in [2.24, 2.45) is 0 Å². The average molecular weight is 1020 g/mol. The summed E-state index contributed by atoms with van der Waals surface area (Å²) < 4.78 is 28.3. The number of ether oxygens (including phenoxy) is 4. The number of carbonyl (C=O) groups is 2. The SMILES string of the molecule is O=C(Nc1cc2c(OCc3ccccc3)c(c1)Cc1cccc(c1OCc1ccccc1)Cc1cc(NC(=O)c3ccccc3)cc(c1OCc1ccccc1)Cc1cccc(c1OCc1ccccc1)C2)c1ccccc1. The molecule has 2 N–H and O–H groups in total. The zero-order valence-electron chi connectivity index (χ0n) is 43.2. The van der Waals surface area contributed by atoms with Gasteiger partial charge in [0.25, 0.3) is 11.8 Å². The molecule has 0 aromatic heterocycles. The van der Waals surface area contributed by atoms with Crippen LogP contribution < -0.4 is 29.6 Å². The highest BCUT2D eigenvalue weighted by Crippen LogP contribution is 2.42. The van der Waals surface area contributed by atoms with Gasteiger partial charge in [0.1, 0.15) is 49.4 Å². The van der Waals surface area contributed by atoms with E-state index in [2.05, 4.69) is 95.6 Å². The smallest absolute Gasteiger partial charge is 0.255 e. The number of anilines is 2. The maximum Gasteiger partial charge on any atom is 0.255 e. The van der Waals surface area contributed by atoms with Crippen LogP contribution in [0.2, 0.25) is 0 Å². The van der Waals surface area contributed by atoms with Gasteiger partial charge in [0.15, 0.2) is 0 Å². The van der Waals surface area contributed by atoms with Gasteiger partial charge in [0, 0.05) is 70.4 Å². The number of carbonyl (C=O) groups excluding carboxylic acids is 2. The normalized spacial score (nSPS) is 11.7. The van der Waals surface area contributed by atoms with E-state index in [0.29, 0.717) is 86.1 Å². The first-order valence-electron chi connectivity index (χ1n) is 26.4. The summed E-state index contributed by atoms with van der Waals surface area (Å²) in [7, 11) is 0. The van der Waals surface area contributed by atoms with E-state index in [1.165, 1.54) is 0 Å². The van der Waals surface area contributed by atoms with E-state index in [0.717, 1.165) is 78.3 Å². The minimum atomic E-state index is -0.221. The van der Waals surface area contributed by atoms with E-state index in [1.54, 1.807) is 0 Å². The standard InChI is InChI=1S/C70H58N2O6/c73-69(53-29-15-5-16-30-53)71-63-41-59-37-55-33-19-34-56(65(55)75-45-49-21-7-1-8-22-49)38-60-42-64(72-70(74)54-31-17-6-18-32-54)44-62(68(60)78-48-52-27-13-4-14-28-52)40-58-36-20-35-57(66(58)76-46-50-23-9-2-10-24-50)39-61(43-63)67(59)77-47-51-25-11-3-12-26-51/h1-36,41-44H,37-40,45-48H2,(H,71,73)(H,72,74). The van der Waals surface area contributed by atoms with Crippen LogP contribution in [-0.4, -0.2) is 11.8 Å². The molecule has 8 bridgehead atoms. The van der Waals surface area contributed by atoms with E-state index < -0.39 is 0 Å². The van der Waals surface area contributed by atoms with Crippen molar-refractivity contribution in [2.75, 3.05) is 10.6 Å². The second kappa shape index (κ2) is 24.3. The lowest BCUT2D eigenvalue weighted by Gasteiger charge is -2.24. The summed E-state index contributed by atoms with van der Waals surface area (Å²) >= 11 is 0. The molecule has 0 saturated carbocycles. The molecule has 11 rings (SSSR count). The summed E-state index contributed by atoms with van der Waals surface area (Å²) in [6.45, 7) is 1.26. The highest BCUT2D eigenvalue weighted by molar-refractivity contribution is 6.05. The summed E-state index contributed by atoms with van der Waals surface area (Å²) in [6.07, 6.45) is 1.54. The molecule has 8 nitrogen and oxygen atoms in total. The van der Waals surface area contributed by atoms with E-state index in [4.69, 9.17) is 18.9 Å². The van der Waals surface area contributed by atoms with Crippen molar-refractivity contribution in [3.05, 3.63) is 321 Å². The molecule has 1 aliphatic carbocycles. The van der Waals surface area contributed by atoms with Gasteiger partial charge in [-0.2, -0.15) is 0 Å². The van der Waals surface area contributed by atoms with Gasteiger partial charge in [-0.15, -0.1) is 0 Å². The van der Waals surface area contributed by atoms with Crippen molar-refractivity contribution < 1.29 is 28.5 Å². The van der Waals surface area contributed by atoms with Crippen LogP contribution in [0.15, 0.2) is 243 Å². The Morgan fingerprint density at radius 2 is 0.513 bits per heavy atom. The molecule has 10 aromatic carbocycles. The number of rotatable bonds is 16. The Bertz CT molecular complexity index is 3320. The van der Waals surface area contributed by atoms with Crippen LogP contribution in [0, 0.1) is 0 Å². The molecule has 0 heterocycles. The minimum Gasteiger partial charge on any atom is -0.488 e. The fourth-order valence-corrected chi connectivity index (χ4v) is 10.1. The fraction of sp³-hybridized carbons (Fsp3) is 0.114. The lowest BCUT2D eigenvalue weighted by molar-refractivity contribution is 0.101. The predicted octanol–water partition coefficient (Wildman–Crippen LogP) is 15.2. The van der Waals surface area contributed by atoms with Gasteiger partial charge in [0.05, 0.1) is 0 Å². The van der Waals surface area contributed by atoms with Gasteiger partial charge in [0.2, 0.25) is 0 Å². The van der Waals surface area contributed by atoms with Crippen LogP contribution >= 0.6 is 0 Å². The van der Waals surface area contributed by atoms with E-state index >= 15 is 0 Å². The lowest BCUT2D eigenvalue weighted by atomic mass is 9.90. The third-order valence-corrected chi connectivity index (χ3v) is 13.9. The molecule has 0 spiro atoms. The second-order valence-electron chi connectivity index (χ2n) is 19.5. The third-order valence-electron chi connectivity index (χ3n) is 13.9. The third kappa shape index (κ3) is 12.5. The summed E-state index contributed by atoms with van der Waals surface area (Å²) in [5, 5.41) is 6.52. The minimum absolute atomic E-state index is 0.221. The van der Waals surface area contributed by atoms with Crippen molar-refractivity contribution in [3.63, 3.8) is 0 Å². The van der Waals surface area contributed by atoms with Gasteiger partial charge in [-0.25, -0.2) is 0 Å². The number of hydrogen-bond donors (Lipinski definition) is 2. The largest absolute Gasteiger partial charge is 0.488 e. The predicted molar refractivity (Wildman–Crippen MR) is 309 cm³/mol. The van der Waals surface area contributed by atoms with Gasteiger partial charge in [-0.1, -0.05) is 194 Å². The first kappa shape index (κ1) is 50.5. The van der Waals surface area contributed by atoms with Crippen molar-refractivity contribution in [1.82, 2.24) is 0 Å². The topological polar surface area (TPSA) is 95.1 Å². The van der Waals surface area contributed by atoms with Gasteiger partial charge in [-0.3, -0.25) is 9.59 Å². The van der Waals surface area contributed by atoms with Crippen molar-refractivity contribution in [3.8, 4) is 23.0 Å². The molecule has 384 valence electrons. The Kier molecular flexibility index (Phi) is 15.8. The highest BCUT2D eigenvalue weighted by Gasteiger charge is 2.25. The van der Waals surface area contributed by atoms with Gasteiger partial charge < -0.3 is 29.6 Å². The van der Waals surface area contributed by atoms with Crippen molar-refractivity contribution in [2.45, 2.75) is 52.1 Å². The Balaban J connectivity index is 1.13. The van der Waals surface area contributed by atoms with E-state index in [1.807, 2.05) is 158 Å². The Labute approximate surface area is 455 Å². The maximum atomic E-state index is 14.1. The molecule has 0 aliphatic heterocycles. The van der Waals surface area contributed by atoms with Crippen LogP contribution in [0.4, 0.5) is 11.4 Å². The van der Waals surface area contributed by atoms with Crippen LogP contribution in [0.25, 0.3) is 0 Å². The summed E-state index contributed by atoms with van der Waals surface area (Å²) in [4.78, 5) is 28.2. The molecule has 0 radical (unpaired) electrons. The van der Waals surface area contributed by atoms with Crippen molar-refractivity contribution in [1.29, 1.82) is 0 Å². The van der Waals surface area contributed by atoms with E-state index in [9.17, 15) is 9.59 Å². The molecule has 78 heavy (non-hydrogen) atoms. The van der Waals surface area contributed by atoms with Crippen LogP contribution in [0.5, 0.6) is 23.0 Å². The summed E-state index contributed by atoms with van der Waals surface area (Å²) in [5.41, 5.74) is 13.6. The van der Waals surface area contributed by atoms with Crippen LogP contribution in [0.3, 0.4) is 0 Å². The molecule has 1 aliphatic rings. The van der Waals surface area contributed by atoms with Gasteiger partial charge >= 0.3 is 0 Å². The van der Waals surface area contributed by atoms with Gasteiger partial charge in [-0.05, 0) is 93.0 Å². The van der Waals surface area contributed by atoms with E-state index in [-0.39, 0.29) is 11.8 Å². The number of hydrogen-bond acceptors (Lipinski definition) is 6. The quantitative estimate of drug-likeness (QED) is 0.100. The summed E-state index contributed by atoms with van der Waals surface area (Å²) in [6, 6.07) is 79.9. The second-order valence-corrected chi connectivity index (χ2v) is 19.5. The number of para-hydroxylation sites is 2. The van der Waals surface area contributed by atoms with Crippen molar-refractivity contribution >= 4 is 23.2 Å². The first-order chi connectivity index (χ1) is 38.5. The fourth-order valence-electron chi connectivity index (χ4n) is 10.1. The molecular weight excluding hydrogens is 965 g/mol. The first-order valence-corrected chi connectivity index (χ1v) is 26.4. The number of fused-ring (bicyclic) bond motifs is 8. The van der Waals surface area contributed by atoms with Crippen LogP contribution in [0.1, 0.15) is 87.5 Å². The maximum absolute atomic E-state index is 14.1. The number of benzene rings is 10. The number of amides is 2. The monoisotopic (exact) mass is 1020 g/mol. The summed E-state index contributed by atoms with van der Waals surface area (Å²) in [5.74, 6) is 2.42. The number of nitrogens with one attached hydrogen (secondary N) is 2. The lowest BCUT2D eigenvalue weighted by Crippen LogP contribution is -2.14. The molecule has 0 atom stereocenters.